The Bertz CT molecular complexity index is 584. The third-order valence-electron chi connectivity index (χ3n) is 3.33. The summed E-state index contributed by atoms with van der Waals surface area (Å²) in [4.78, 5) is 0.0127. The summed E-state index contributed by atoms with van der Waals surface area (Å²) in [6.07, 6.45) is 1.61. The highest BCUT2D eigenvalue weighted by Crippen LogP contribution is 2.22. The maximum absolute atomic E-state index is 13.7. The number of aryl methyl sites for hydroxylation is 1. The lowest BCUT2D eigenvalue weighted by Crippen LogP contribution is -2.37. The van der Waals surface area contributed by atoms with E-state index in [-0.39, 0.29) is 22.1 Å². The number of halogens is 1. The molecule has 0 radical (unpaired) electrons. The molecule has 20 heavy (non-hydrogen) atoms. The Morgan fingerprint density at radius 3 is 2.65 bits per heavy atom. The largest absolute Gasteiger partial charge is 0.392 e. The quantitative estimate of drug-likeness (QED) is 0.888. The fraction of sp³-hybridized carbons (Fsp3) is 0.538. The van der Waals surface area contributed by atoms with Crippen molar-refractivity contribution in [1.82, 2.24) is 4.72 Å². The lowest BCUT2D eigenvalue weighted by atomic mass is 10.1. The molecule has 0 amide bonds. The smallest absolute Gasteiger partial charge is 0.240 e. The van der Waals surface area contributed by atoms with Gasteiger partial charge >= 0.3 is 0 Å². The first-order valence-corrected chi connectivity index (χ1v) is 9.08. The third kappa shape index (κ3) is 3.52. The summed E-state index contributed by atoms with van der Waals surface area (Å²) in [6.45, 7) is 0.973. The number of hydrogen-bond acceptors (Lipinski definition) is 4. The Kier molecular flexibility index (Phi) is 5.06. The molecule has 0 aromatic heterocycles. The van der Waals surface area contributed by atoms with E-state index in [4.69, 9.17) is 5.11 Å². The van der Waals surface area contributed by atoms with Gasteiger partial charge in [0, 0.05) is 11.6 Å². The zero-order valence-corrected chi connectivity index (χ0v) is 12.9. The van der Waals surface area contributed by atoms with Gasteiger partial charge in [0.15, 0.2) is 0 Å². The van der Waals surface area contributed by atoms with E-state index in [1.807, 2.05) is 11.8 Å². The van der Waals surface area contributed by atoms with Crippen molar-refractivity contribution in [1.29, 1.82) is 0 Å². The predicted octanol–water partition coefficient (Wildman–Crippen LogP) is 1.80. The molecule has 1 aromatic rings. The molecule has 0 unspecified atom stereocenters. The van der Waals surface area contributed by atoms with Crippen LogP contribution in [-0.2, 0) is 16.6 Å². The molecule has 1 aliphatic heterocycles. The van der Waals surface area contributed by atoms with Gasteiger partial charge in [-0.15, -0.1) is 0 Å². The van der Waals surface area contributed by atoms with Gasteiger partial charge in [-0.1, -0.05) is 0 Å². The van der Waals surface area contributed by atoms with Gasteiger partial charge in [-0.25, -0.2) is 17.5 Å². The Labute approximate surface area is 122 Å². The number of hydrogen-bond donors (Lipinski definition) is 2. The van der Waals surface area contributed by atoms with Crippen LogP contribution < -0.4 is 4.72 Å². The molecule has 2 N–H and O–H groups in total. The molecule has 1 saturated heterocycles. The second-order valence-corrected chi connectivity index (χ2v) is 7.82. The summed E-state index contributed by atoms with van der Waals surface area (Å²) in [5.41, 5.74) is 0.223. The molecule has 112 valence electrons. The van der Waals surface area contributed by atoms with E-state index < -0.39 is 22.4 Å². The van der Waals surface area contributed by atoms with Gasteiger partial charge in [0.25, 0.3) is 0 Å². The normalized spacial score (nSPS) is 17.4. The van der Waals surface area contributed by atoms with Crippen molar-refractivity contribution >= 4 is 21.8 Å². The molecule has 1 aromatic carbocycles. The fourth-order valence-corrected chi connectivity index (χ4v) is 4.73. The van der Waals surface area contributed by atoms with Crippen molar-refractivity contribution in [3.8, 4) is 0 Å². The molecule has 1 fully saturated rings. The molecule has 4 nitrogen and oxygen atoms in total. The van der Waals surface area contributed by atoms with Gasteiger partial charge in [-0.05, 0) is 49.0 Å². The highest BCUT2D eigenvalue weighted by atomic mass is 32.2. The van der Waals surface area contributed by atoms with Gasteiger partial charge in [-0.2, -0.15) is 11.8 Å². The second kappa shape index (κ2) is 6.43. The van der Waals surface area contributed by atoms with Gasteiger partial charge in [0.1, 0.15) is 5.82 Å². The summed E-state index contributed by atoms with van der Waals surface area (Å²) < 4.78 is 40.9. The van der Waals surface area contributed by atoms with Crippen molar-refractivity contribution in [2.24, 2.45) is 0 Å². The van der Waals surface area contributed by atoms with Crippen LogP contribution in [0.4, 0.5) is 4.39 Å². The van der Waals surface area contributed by atoms with Crippen molar-refractivity contribution in [2.45, 2.75) is 37.3 Å². The summed E-state index contributed by atoms with van der Waals surface area (Å²) >= 11 is 1.81. The summed E-state index contributed by atoms with van der Waals surface area (Å²) in [5.74, 6) is 1.33. The molecule has 0 spiro atoms. The monoisotopic (exact) mass is 319 g/mol. The minimum absolute atomic E-state index is 0.00424. The van der Waals surface area contributed by atoms with Gasteiger partial charge in [-0.3, -0.25) is 0 Å². The molecule has 7 heteroatoms. The summed E-state index contributed by atoms with van der Waals surface area (Å²) in [6, 6.07) is 2.43. The topological polar surface area (TPSA) is 66.4 Å². The Balaban J connectivity index is 2.26. The van der Waals surface area contributed by atoms with Crippen LogP contribution in [0, 0.1) is 12.7 Å². The van der Waals surface area contributed by atoms with E-state index >= 15 is 0 Å². The van der Waals surface area contributed by atoms with Crippen LogP contribution in [-0.4, -0.2) is 31.1 Å². The van der Waals surface area contributed by atoms with E-state index in [0.717, 1.165) is 24.3 Å². The van der Waals surface area contributed by atoms with Gasteiger partial charge in [0.2, 0.25) is 10.0 Å². The number of benzene rings is 1. The van der Waals surface area contributed by atoms with Crippen LogP contribution in [0.2, 0.25) is 0 Å². The molecule has 0 aliphatic carbocycles. The minimum atomic E-state index is -3.67. The summed E-state index contributed by atoms with van der Waals surface area (Å²) in [7, 11) is -3.67. The number of thioether (sulfide) groups is 1. The number of sulfonamides is 1. The van der Waals surface area contributed by atoms with E-state index in [0.29, 0.717) is 0 Å². The average Bonchev–Trinajstić information content (AvgIpc) is 2.42. The van der Waals surface area contributed by atoms with Crippen molar-refractivity contribution < 1.29 is 17.9 Å². The molecule has 0 bridgehead atoms. The summed E-state index contributed by atoms with van der Waals surface area (Å²) in [5, 5.41) is 9.10. The molecule has 0 atom stereocenters. The van der Waals surface area contributed by atoms with Crippen LogP contribution in [0.3, 0.4) is 0 Å². The SMILES string of the molecule is Cc1cc(S(=O)(=O)NC2CCSCC2)cc(CO)c1F. The fourth-order valence-electron chi connectivity index (χ4n) is 2.18. The molecule has 1 aliphatic rings. The molecule has 2 rings (SSSR count). The minimum Gasteiger partial charge on any atom is -0.392 e. The van der Waals surface area contributed by atoms with E-state index in [2.05, 4.69) is 4.72 Å². The zero-order valence-electron chi connectivity index (χ0n) is 11.2. The predicted molar refractivity (Wildman–Crippen MR) is 77.7 cm³/mol. The van der Waals surface area contributed by atoms with E-state index in [9.17, 15) is 12.8 Å². The third-order valence-corrected chi connectivity index (χ3v) is 5.88. The molecule has 0 saturated carbocycles. The van der Waals surface area contributed by atoms with Crippen LogP contribution in [0.5, 0.6) is 0 Å². The van der Waals surface area contributed by atoms with Crippen LogP contribution in [0.15, 0.2) is 17.0 Å². The molecule has 1 heterocycles. The number of aliphatic hydroxyl groups excluding tert-OH is 1. The maximum atomic E-state index is 13.7. The van der Waals surface area contributed by atoms with Crippen molar-refractivity contribution in [3.05, 3.63) is 29.1 Å². The van der Waals surface area contributed by atoms with Crippen molar-refractivity contribution in [3.63, 3.8) is 0 Å². The van der Waals surface area contributed by atoms with Crippen LogP contribution in [0.1, 0.15) is 24.0 Å². The van der Waals surface area contributed by atoms with Gasteiger partial charge < -0.3 is 5.11 Å². The zero-order chi connectivity index (χ0) is 14.8. The molecular weight excluding hydrogens is 301 g/mol. The standard InChI is InChI=1S/C13H18FNO3S2/c1-9-6-12(7-10(8-16)13(9)14)20(17,18)15-11-2-4-19-5-3-11/h6-7,11,15-16H,2-5,8H2,1H3. The second-order valence-electron chi connectivity index (χ2n) is 4.88. The Morgan fingerprint density at radius 2 is 2.05 bits per heavy atom. The average molecular weight is 319 g/mol. The van der Waals surface area contributed by atoms with Crippen LogP contribution >= 0.6 is 11.8 Å². The first-order valence-electron chi connectivity index (χ1n) is 6.44. The maximum Gasteiger partial charge on any atom is 0.240 e. The van der Waals surface area contributed by atoms with Crippen LogP contribution in [0.25, 0.3) is 0 Å². The first kappa shape index (κ1) is 15.8. The highest BCUT2D eigenvalue weighted by molar-refractivity contribution is 7.99. The van der Waals surface area contributed by atoms with Gasteiger partial charge in [0.05, 0.1) is 11.5 Å². The number of nitrogens with one attached hydrogen (secondary N) is 1. The Hall–Kier alpha value is -0.630. The number of aliphatic hydroxyl groups is 1. The first-order chi connectivity index (χ1) is 9.44. The van der Waals surface area contributed by atoms with E-state index in [1.165, 1.54) is 19.1 Å². The Morgan fingerprint density at radius 1 is 1.40 bits per heavy atom. The highest BCUT2D eigenvalue weighted by Gasteiger charge is 2.23. The lowest BCUT2D eigenvalue weighted by molar-refractivity contribution is 0.275. The molecular formula is C13H18FNO3S2. The van der Waals surface area contributed by atoms with Crippen molar-refractivity contribution in [2.75, 3.05) is 11.5 Å². The number of rotatable bonds is 4. The van der Waals surface area contributed by atoms with E-state index in [1.54, 1.807) is 0 Å². The lowest BCUT2D eigenvalue weighted by Gasteiger charge is -2.22.